The molecule has 1 N–H and O–H groups in total. The molecular formula is C21H22ClF3N2O4S. The lowest BCUT2D eigenvalue weighted by atomic mass is 10.2. The summed E-state index contributed by atoms with van der Waals surface area (Å²) in [7, 11) is -3.60. The molecule has 6 nitrogen and oxygen atoms in total. The molecule has 0 spiro atoms. The van der Waals surface area contributed by atoms with E-state index in [1.165, 1.54) is 28.6 Å². The van der Waals surface area contributed by atoms with Crippen LogP contribution in [-0.2, 0) is 21.0 Å². The number of halogens is 4. The summed E-state index contributed by atoms with van der Waals surface area (Å²) < 4.78 is 70.9. The summed E-state index contributed by atoms with van der Waals surface area (Å²) in [5, 5.41) is 2.23. The van der Waals surface area contributed by atoms with Crippen molar-refractivity contribution in [3.05, 3.63) is 53.1 Å². The van der Waals surface area contributed by atoms with Crippen molar-refractivity contribution in [1.29, 1.82) is 0 Å². The van der Waals surface area contributed by atoms with E-state index in [2.05, 4.69) is 5.32 Å². The van der Waals surface area contributed by atoms with Crippen LogP contribution >= 0.6 is 11.6 Å². The van der Waals surface area contributed by atoms with Crippen molar-refractivity contribution in [1.82, 2.24) is 4.31 Å². The van der Waals surface area contributed by atoms with Gasteiger partial charge in [-0.2, -0.15) is 17.5 Å². The van der Waals surface area contributed by atoms with E-state index in [1.807, 2.05) is 0 Å². The summed E-state index contributed by atoms with van der Waals surface area (Å²) in [6.07, 6.45) is -0.911. The van der Waals surface area contributed by atoms with Gasteiger partial charge < -0.3 is 10.1 Å². The Morgan fingerprint density at radius 1 is 1.03 bits per heavy atom. The van der Waals surface area contributed by atoms with Crippen molar-refractivity contribution >= 4 is 33.2 Å². The van der Waals surface area contributed by atoms with Gasteiger partial charge in [-0.25, -0.2) is 8.42 Å². The van der Waals surface area contributed by atoms with Crippen LogP contribution in [0.2, 0.25) is 5.02 Å². The Morgan fingerprint density at radius 2 is 1.66 bits per heavy atom. The third kappa shape index (κ3) is 6.14. The van der Waals surface area contributed by atoms with Gasteiger partial charge in [0.2, 0.25) is 10.0 Å². The fourth-order valence-electron chi connectivity index (χ4n) is 3.27. The first-order valence-corrected chi connectivity index (χ1v) is 11.8. The number of nitrogens with zero attached hydrogens (tertiary/aromatic N) is 1. The summed E-state index contributed by atoms with van der Waals surface area (Å²) in [6, 6.07) is 8.25. The molecule has 2 aromatic rings. The minimum atomic E-state index is -4.57. The van der Waals surface area contributed by atoms with Crippen molar-refractivity contribution in [2.75, 3.05) is 25.0 Å². The van der Waals surface area contributed by atoms with Crippen molar-refractivity contribution < 1.29 is 31.1 Å². The van der Waals surface area contributed by atoms with Crippen LogP contribution in [0.5, 0.6) is 5.75 Å². The lowest BCUT2D eigenvalue weighted by Gasteiger charge is -2.20. The van der Waals surface area contributed by atoms with Gasteiger partial charge in [-0.1, -0.05) is 24.4 Å². The number of carbonyl (C=O) groups excluding carboxylic acids is 1. The standard InChI is InChI=1S/C21H22ClF3N2O4S/c22-18-10-5-15(21(23,24)25)13-19(18)26-20(28)14-31-16-6-8-17(9-7-16)32(29,30)27-11-3-1-2-4-12-27/h5-10,13H,1-4,11-12,14H2,(H,26,28). The van der Waals surface area contributed by atoms with E-state index >= 15 is 0 Å². The Balaban J connectivity index is 1.60. The first-order valence-electron chi connectivity index (χ1n) is 9.97. The predicted octanol–water partition coefficient (Wildman–Crippen LogP) is 4.94. The van der Waals surface area contributed by atoms with Crippen molar-refractivity contribution in [2.45, 2.75) is 36.8 Å². The molecule has 1 fully saturated rings. The van der Waals surface area contributed by atoms with Crippen LogP contribution in [0.15, 0.2) is 47.4 Å². The quantitative estimate of drug-likeness (QED) is 0.622. The minimum absolute atomic E-state index is 0.0468. The number of anilines is 1. The number of rotatable bonds is 6. The second-order valence-corrected chi connectivity index (χ2v) is 9.66. The summed E-state index contributed by atoms with van der Waals surface area (Å²) in [4.78, 5) is 12.2. The topological polar surface area (TPSA) is 75.7 Å². The maximum atomic E-state index is 12.8. The normalized spacial score (nSPS) is 15.8. The second kappa shape index (κ2) is 10.1. The van der Waals surface area contributed by atoms with Gasteiger partial charge in [0.25, 0.3) is 5.91 Å². The molecule has 0 aromatic heterocycles. The van der Waals surface area contributed by atoms with Gasteiger partial charge in [0.05, 0.1) is 21.2 Å². The van der Waals surface area contributed by atoms with E-state index in [1.54, 1.807) is 0 Å². The molecule has 174 valence electrons. The maximum absolute atomic E-state index is 12.8. The van der Waals surface area contributed by atoms with Crippen molar-refractivity contribution in [3.63, 3.8) is 0 Å². The SMILES string of the molecule is O=C(COc1ccc(S(=O)(=O)N2CCCCCC2)cc1)Nc1cc(C(F)(F)F)ccc1Cl. The Hall–Kier alpha value is -2.30. The monoisotopic (exact) mass is 490 g/mol. The molecule has 2 aromatic carbocycles. The molecule has 1 saturated heterocycles. The number of nitrogens with one attached hydrogen (secondary N) is 1. The Bertz CT molecular complexity index is 1050. The Labute approximate surface area is 189 Å². The molecule has 0 saturated carbocycles. The van der Waals surface area contributed by atoms with Gasteiger partial charge in [-0.3, -0.25) is 4.79 Å². The average Bonchev–Trinajstić information content (AvgIpc) is 3.03. The Kier molecular flexibility index (Phi) is 7.68. The van der Waals surface area contributed by atoms with Crippen molar-refractivity contribution in [2.24, 2.45) is 0 Å². The van der Waals surface area contributed by atoms with E-state index in [4.69, 9.17) is 16.3 Å². The van der Waals surface area contributed by atoms with E-state index in [0.29, 0.717) is 13.1 Å². The van der Waals surface area contributed by atoms with Crippen LogP contribution in [-0.4, -0.2) is 38.3 Å². The highest BCUT2D eigenvalue weighted by molar-refractivity contribution is 7.89. The fraction of sp³-hybridized carbons (Fsp3) is 0.381. The zero-order valence-electron chi connectivity index (χ0n) is 17.0. The molecule has 1 aliphatic rings. The molecule has 1 aliphatic heterocycles. The third-order valence-corrected chi connectivity index (χ3v) is 7.21. The van der Waals surface area contributed by atoms with Gasteiger partial charge in [0, 0.05) is 13.1 Å². The lowest BCUT2D eigenvalue weighted by Crippen LogP contribution is -2.31. The van der Waals surface area contributed by atoms with Crippen molar-refractivity contribution in [3.8, 4) is 5.75 Å². The number of carbonyl (C=O) groups is 1. The number of amides is 1. The molecule has 3 rings (SSSR count). The fourth-order valence-corrected chi connectivity index (χ4v) is 4.95. The molecule has 1 amide bonds. The van der Waals surface area contributed by atoms with Crippen LogP contribution in [0, 0.1) is 0 Å². The molecule has 32 heavy (non-hydrogen) atoms. The number of hydrogen-bond acceptors (Lipinski definition) is 4. The predicted molar refractivity (Wildman–Crippen MR) is 114 cm³/mol. The molecule has 1 heterocycles. The smallest absolute Gasteiger partial charge is 0.416 e. The summed E-state index contributed by atoms with van der Waals surface area (Å²) in [5.74, 6) is -0.474. The minimum Gasteiger partial charge on any atom is -0.484 e. The highest BCUT2D eigenvalue weighted by atomic mass is 35.5. The van der Waals surface area contributed by atoms with Crippen LogP contribution in [0.4, 0.5) is 18.9 Å². The van der Waals surface area contributed by atoms with Crippen LogP contribution in [0.3, 0.4) is 0 Å². The number of benzene rings is 2. The van der Waals surface area contributed by atoms with Gasteiger partial charge in [-0.15, -0.1) is 0 Å². The average molecular weight is 491 g/mol. The van der Waals surface area contributed by atoms with E-state index in [0.717, 1.165) is 43.9 Å². The van der Waals surface area contributed by atoms with Gasteiger partial charge in [0.1, 0.15) is 5.75 Å². The van der Waals surface area contributed by atoms with Crippen LogP contribution < -0.4 is 10.1 Å². The molecule has 0 radical (unpaired) electrons. The van der Waals surface area contributed by atoms with E-state index in [-0.39, 0.29) is 21.4 Å². The molecule has 0 unspecified atom stereocenters. The molecular weight excluding hydrogens is 469 g/mol. The molecule has 0 aliphatic carbocycles. The highest BCUT2D eigenvalue weighted by Gasteiger charge is 2.31. The first-order chi connectivity index (χ1) is 15.1. The largest absolute Gasteiger partial charge is 0.484 e. The molecule has 0 bridgehead atoms. The zero-order chi connectivity index (χ0) is 23.4. The molecule has 0 atom stereocenters. The maximum Gasteiger partial charge on any atom is 0.416 e. The third-order valence-electron chi connectivity index (χ3n) is 4.96. The number of alkyl halides is 3. The highest BCUT2D eigenvalue weighted by Crippen LogP contribution is 2.33. The number of ether oxygens (including phenoxy) is 1. The molecule has 11 heteroatoms. The summed E-state index contributed by atoms with van der Waals surface area (Å²) in [5.41, 5.74) is -1.13. The van der Waals surface area contributed by atoms with Crippen LogP contribution in [0.25, 0.3) is 0 Å². The van der Waals surface area contributed by atoms with Crippen LogP contribution in [0.1, 0.15) is 31.2 Å². The van der Waals surface area contributed by atoms with Gasteiger partial charge in [0.15, 0.2) is 6.61 Å². The lowest BCUT2D eigenvalue weighted by molar-refractivity contribution is -0.137. The van der Waals surface area contributed by atoms with Gasteiger partial charge in [-0.05, 0) is 55.3 Å². The summed E-state index contributed by atoms with van der Waals surface area (Å²) >= 11 is 5.86. The van der Waals surface area contributed by atoms with E-state index in [9.17, 15) is 26.4 Å². The first kappa shape index (κ1) is 24.3. The number of sulfonamides is 1. The van der Waals surface area contributed by atoms with E-state index < -0.39 is 34.3 Å². The Morgan fingerprint density at radius 3 is 2.25 bits per heavy atom. The second-order valence-electron chi connectivity index (χ2n) is 7.32. The number of hydrogen-bond donors (Lipinski definition) is 1. The zero-order valence-corrected chi connectivity index (χ0v) is 18.6. The summed E-state index contributed by atoms with van der Waals surface area (Å²) in [6.45, 7) is 0.475. The van der Waals surface area contributed by atoms with Gasteiger partial charge >= 0.3 is 6.18 Å².